The summed E-state index contributed by atoms with van der Waals surface area (Å²) < 4.78 is 45.5. The Morgan fingerprint density at radius 2 is 2.11 bits per heavy atom. The normalized spacial score (nSPS) is 19.6. The van der Waals surface area contributed by atoms with Crippen molar-refractivity contribution in [2.24, 2.45) is 0 Å². The minimum Gasteiger partial charge on any atom is -0.494 e. The lowest BCUT2D eigenvalue weighted by Crippen LogP contribution is -2.36. The molecule has 0 saturated heterocycles. The van der Waals surface area contributed by atoms with Crippen molar-refractivity contribution in [3.63, 3.8) is 0 Å². The second-order valence-electron chi connectivity index (χ2n) is 6.06. The third-order valence-corrected chi connectivity index (χ3v) is 5.65. The molecule has 1 aromatic heterocycles. The number of carbonyl (C=O) groups excluding carboxylic acids is 1. The number of allylic oxidation sites excluding steroid dienone is 2. The number of fused-ring (bicyclic) bond motifs is 1. The van der Waals surface area contributed by atoms with Gasteiger partial charge in [0.25, 0.3) is 12.3 Å². The number of hydrogen-bond acceptors (Lipinski definition) is 4. The van der Waals surface area contributed by atoms with Crippen LogP contribution in [0.15, 0.2) is 46.6 Å². The summed E-state index contributed by atoms with van der Waals surface area (Å²) in [7, 11) is 1.30. The maximum Gasteiger partial charge on any atom is 0.307 e. The molecule has 9 heteroatoms. The average Bonchev–Trinajstić information content (AvgIpc) is 3.19. The van der Waals surface area contributed by atoms with Crippen LogP contribution in [-0.4, -0.2) is 35.0 Å². The lowest BCUT2D eigenvalue weighted by atomic mass is 9.92. The smallest absolute Gasteiger partial charge is 0.307 e. The summed E-state index contributed by atoms with van der Waals surface area (Å²) in [5.74, 6) is -2.45. The van der Waals surface area contributed by atoms with Gasteiger partial charge >= 0.3 is 5.97 Å². The van der Waals surface area contributed by atoms with Crippen molar-refractivity contribution in [2.45, 2.75) is 32.2 Å². The lowest BCUT2D eigenvalue weighted by molar-refractivity contribution is -0.136. The molecule has 0 bridgehead atoms. The largest absolute Gasteiger partial charge is 0.494 e. The quantitative estimate of drug-likeness (QED) is 0.796. The molecular formula is C18H16F3NO4S. The van der Waals surface area contributed by atoms with Crippen molar-refractivity contribution in [3.05, 3.63) is 56.4 Å². The van der Waals surface area contributed by atoms with Crippen LogP contribution >= 0.6 is 11.3 Å². The zero-order valence-corrected chi connectivity index (χ0v) is 15.3. The van der Waals surface area contributed by atoms with Gasteiger partial charge in [-0.05, 0) is 37.1 Å². The molecule has 1 amide bonds. The highest BCUT2D eigenvalue weighted by atomic mass is 32.1. The van der Waals surface area contributed by atoms with Gasteiger partial charge in [0.2, 0.25) is 0 Å². The third kappa shape index (κ3) is 3.27. The van der Waals surface area contributed by atoms with Crippen molar-refractivity contribution >= 4 is 23.2 Å². The van der Waals surface area contributed by atoms with Crippen molar-refractivity contribution < 1.29 is 32.6 Å². The van der Waals surface area contributed by atoms with Crippen molar-refractivity contribution in [2.75, 3.05) is 7.11 Å². The number of methoxy groups -OCH3 is 1. The highest BCUT2D eigenvalue weighted by Gasteiger charge is 2.43. The van der Waals surface area contributed by atoms with E-state index in [2.05, 4.69) is 0 Å². The molecule has 0 aromatic carbocycles. The van der Waals surface area contributed by atoms with Crippen LogP contribution in [0.1, 0.15) is 40.7 Å². The number of carboxylic acids is 1. The van der Waals surface area contributed by atoms with Gasteiger partial charge in [0, 0.05) is 11.3 Å². The Morgan fingerprint density at radius 1 is 1.41 bits per heavy atom. The first-order chi connectivity index (χ1) is 12.8. The Balaban J connectivity index is 2.05. The number of ether oxygens (including phenoxy) is 1. The number of alkyl halides is 2. The fourth-order valence-electron chi connectivity index (χ4n) is 3.39. The van der Waals surface area contributed by atoms with E-state index in [0.717, 1.165) is 0 Å². The van der Waals surface area contributed by atoms with Gasteiger partial charge in [-0.15, -0.1) is 11.3 Å². The molecule has 0 spiro atoms. The van der Waals surface area contributed by atoms with E-state index in [0.29, 0.717) is 17.0 Å². The number of nitrogens with zero attached hydrogens (tertiary/aromatic N) is 1. The Labute approximate surface area is 157 Å². The van der Waals surface area contributed by atoms with E-state index in [1.165, 1.54) is 37.1 Å². The molecule has 2 heterocycles. The molecule has 1 N–H and O–H groups in total. The number of carboxylic acid groups (broad SMARTS) is 1. The Bertz CT molecular complexity index is 900. The summed E-state index contributed by atoms with van der Waals surface area (Å²) in [5, 5.41) is 9.19. The first-order valence-electron chi connectivity index (χ1n) is 8.03. The van der Waals surface area contributed by atoms with Gasteiger partial charge in [-0.25, -0.2) is 13.2 Å². The van der Waals surface area contributed by atoms with Crippen LogP contribution in [0.25, 0.3) is 0 Å². The molecule has 0 saturated carbocycles. The van der Waals surface area contributed by atoms with Crippen LogP contribution in [-0.2, 0) is 9.53 Å². The number of halogens is 3. The standard InChI is InChI=1S/C18H16F3NO4S/c1-8-9(7-14(23)24)15-10(3-4-11(26-2)16(15)19)22(8)18(25)13-6-5-12(27-13)17(20)21/h4-6,10,17H,3,7H2,1-2H3,(H,23,24). The average molecular weight is 399 g/mol. The summed E-state index contributed by atoms with van der Waals surface area (Å²) in [6.45, 7) is 1.53. The molecule has 3 rings (SSSR count). The fraction of sp³-hybridized carbons (Fsp3) is 0.333. The minimum atomic E-state index is -2.69. The van der Waals surface area contributed by atoms with Gasteiger partial charge in [0.1, 0.15) is 0 Å². The number of amides is 1. The Hall–Kier alpha value is -2.55. The molecule has 5 nitrogen and oxygen atoms in total. The summed E-state index contributed by atoms with van der Waals surface area (Å²) >= 11 is 0.668. The van der Waals surface area contributed by atoms with Crippen LogP contribution in [0.3, 0.4) is 0 Å². The summed E-state index contributed by atoms with van der Waals surface area (Å²) in [6, 6.07) is 1.75. The zero-order valence-electron chi connectivity index (χ0n) is 14.5. The number of aliphatic carboxylic acids is 1. The topological polar surface area (TPSA) is 66.8 Å². The third-order valence-electron chi connectivity index (χ3n) is 4.57. The predicted molar refractivity (Wildman–Crippen MR) is 92.0 cm³/mol. The van der Waals surface area contributed by atoms with E-state index < -0.39 is 36.6 Å². The van der Waals surface area contributed by atoms with E-state index in [9.17, 15) is 27.9 Å². The highest BCUT2D eigenvalue weighted by molar-refractivity contribution is 7.14. The first-order valence-corrected chi connectivity index (χ1v) is 8.85. The lowest BCUT2D eigenvalue weighted by Gasteiger charge is -2.28. The molecule has 2 aliphatic rings. The molecule has 1 atom stereocenters. The molecule has 1 aliphatic heterocycles. The molecule has 1 unspecified atom stereocenters. The molecular weight excluding hydrogens is 383 g/mol. The monoisotopic (exact) mass is 399 g/mol. The van der Waals surface area contributed by atoms with Crippen LogP contribution in [0.5, 0.6) is 0 Å². The van der Waals surface area contributed by atoms with E-state index >= 15 is 0 Å². The van der Waals surface area contributed by atoms with E-state index in [1.807, 2.05) is 0 Å². The van der Waals surface area contributed by atoms with Crippen molar-refractivity contribution in [1.82, 2.24) is 4.90 Å². The predicted octanol–water partition coefficient (Wildman–Crippen LogP) is 4.42. The Kier molecular flexibility index (Phi) is 5.14. The minimum absolute atomic E-state index is 0.0117. The molecule has 144 valence electrons. The summed E-state index contributed by atoms with van der Waals surface area (Å²) in [4.78, 5) is 25.3. The van der Waals surface area contributed by atoms with E-state index in [1.54, 1.807) is 0 Å². The number of rotatable bonds is 5. The molecule has 27 heavy (non-hydrogen) atoms. The second kappa shape index (κ2) is 7.22. The van der Waals surface area contributed by atoms with Gasteiger partial charge in [-0.1, -0.05) is 0 Å². The number of carbonyl (C=O) groups is 2. The first kappa shape index (κ1) is 19.2. The SMILES string of the molecule is COC1=CCC2C(=C1F)C(CC(=O)O)=C(C)N2C(=O)c1ccc(C(F)F)s1. The van der Waals surface area contributed by atoms with Crippen LogP contribution in [0.2, 0.25) is 0 Å². The summed E-state index contributed by atoms with van der Waals surface area (Å²) in [5.41, 5.74) is 0.607. The molecule has 0 radical (unpaired) electrons. The maximum absolute atomic E-state index is 14.9. The van der Waals surface area contributed by atoms with E-state index in [-0.39, 0.29) is 33.1 Å². The van der Waals surface area contributed by atoms with Gasteiger partial charge in [-0.3, -0.25) is 9.59 Å². The Morgan fingerprint density at radius 3 is 2.67 bits per heavy atom. The van der Waals surface area contributed by atoms with E-state index in [4.69, 9.17) is 4.74 Å². The number of thiophene rings is 1. The van der Waals surface area contributed by atoms with Crippen LogP contribution in [0.4, 0.5) is 13.2 Å². The molecule has 1 aromatic rings. The highest BCUT2D eigenvalue weighted by Crippen LogP contribution is 2.44. The van der Waals surface area contributed by atoms with Crippen LogP contribution < -0.4 is 0 Å². The molecule has 0 fully saturated rings. The van der Waals surface area contributed by atoms with Gasteiger partial charge < -0.3 is 14.7 Å². The van der Waals surface area contributed by atoms with Gasteiger partial charge in [-0.2, -0.15) is 0 Å². The molecule has 1 aliphatic carbocycles. The number of hydrogen-bond donors (Lipinski definition) is 1. The fourth-order valence-corrected chi connectivity index (χ4v) is 4.19. The van der Waals surface area contributed by atoms with Gasteiger partial charge in [0.05, 0.1) is 29.3 Å². The zero-order chi connectivity index (χ0) is 19.9. The second-order valence-corrected chi connectivity index (χ2v) is 7.18. The van der Waals surface area contributed by atoms with Gasteiger partial charge in [0.15, 0.2) is 11.6 Å². The van der Waals surface area contributed by atoms with Crippen LogP contribution in [0, 0.1) is 0 Å². The van der Waals surface area contributed by atoms with Crippen molar-refractivity contribution in [1.29, 1.82) is 0 Å². The van der Waals surface area contributed by atoms with Crippen molar-refractivity contribution in [3.8, 4) is 0 Å². The summed E-state index contributed by atoms with van der Waals surface area (Å²) in [6.07, 6.45) is -1.44. The maximum atomic E-state index is 14.9.